The summed E-state index contributed by atoms with van der Waals surface area (Å²) in [6.45, 7) is 0. The summed E-state index contributed by atoms with van der Waals surface area (Å²) < 4.78 is 42.5. The Labute approximate surface area is 104 Å². The molecule has 0 aromatic heterocycles. The fraction of sp³-hybridized carbons (Fsp3) is 0.300. The average molecular weight is 279 g/mol. The zero-order chi connectivity index (χ0) is 14.8. The lowest BCUT2D eigenvalue weighted by atomic mass is 10.0. The predicted molar refractivity (Wildman–Crippen MR) is 56.0 cm³/mol. The molecule has 0 aliphatic carbocycles. The monoisotopic (exact) mass is 279 g/mol. The Kier molecular flexibility index (Phi) is 3.98. The third-order valence-electron chi connectivity index (χ3n) is 2.24. The highest BCUT2D eigenvalue weighted by atomic mass is 19.4. The maximum Gasteiger partial charge on any atom is 0.420 e. The molecule has 0 heterocycles. The number of aliphatic carboxylic acids is 1. The highest BCUT2D eigenvalue weighted by Gasteiger charge is 2.37. The number of hydrogen-bond acceptors (Lipinski definition) is 4. The molecule has 1 N–H and O–H groups in total. The molecule has 1 aromatic carbocycles. The number of carboxylic acid groups (broad SMARTS) is 1. The van der Waals surface area contributed by atoms with Crippen LogP contribution in [0.2, 0.25) is 0 Å². The van der Waals surface area contributed by atoms with Gasteiger partial charge in [0.1, 0.15) is 11.3 Å². The number of nitrogens with zero attached hydrogens (tertiary/aromatic N) is 1. The van der Waals surface area contributed by atoms with Crippen LogP contribution in [0.3, 0.4) is 0 Å². The topological polar surface area (TPSA) is 89.7 Å². The number of benzene rings is 1. The van der Waals surface area contributed by atoms with Gasteiger partial charge in [0.15, 0.2) is 0 Å². The molecule has 0 amide bonds. The molecule has 0 saturated carbocycles. The number of carboxylic acids is 1. The number of carbonyl (C=O) groups is 1. The summed E-state index contributed by atoms with van der Waals surface area (Å²) in [5.41, 5.74) is -2.59. The third-order valence-corrected chi connectivity index (χ3v) is 2.24. The molecule has 0 spiro atoms. The van der Waals surface area contributed by atoms with Crippen molar-refractivity contribution in [2.45, 2.75) is 12.6 Å². The first-order chi connectivity index (χ1) is 8.66. The summed E-state index contributed by atoms with van der Waals surface area (Å²) in [6, 6.07) is 0.992. The fourth-order valence-corrected chi connectivity index (χ4v) is 1.48. The number of alkyl halides is 3. The van der Waals surface area contributed by atoms with E-state index in [4.69, 9.17) is 5.11 Å². The van der Waals surface area contributed by atoms with E-state index in [0.29, 0.717) is 0 Å². The predicted octanol–water partition coefficient (Wildman–Crippen LogP) is 2.25. The van der Waals surface area contributed by atoms with Gasteiger partial charge in [0.05, 0.1) is 18.5 Å². The Balaban J connectivity index is 3.51. The SMILES string of the molecule is COc1cc(CC(=O)O)c([N+](=O)[O-])cc1C(F)(F)F. The zero-order valence-electron chi connectivity index (χ0n) is 9.52. The maximum absolute atomic E-state index is 12.7. The van der Waals surface area contributed by atoms with Gasteiger partial charge < -0.3 is 9.84 Å². The second-order valence-corrected chi connectivity index (χ2v) is 3.51. The van der Waals surface area contributed by atoms with Crippen molar-refractivity contribution in [2.24, 2.45) is 0 Å². The minimum atomic E-state index is -4.84. The first kappa shape index (κ1) is 14.7. The summed E-state index contributed by atoms with van der Waals surface area (Å²) in [6.07, 6.45) is -5.61. The smallest absolute Gasteiger partial charge is 0.420 e. The van der Waals surface area contributed by atoms with Crippen molar-refractivity contribution in [3.8, 4) is 5.75 Å². The lowest BCUT2D eigenvalue weighted by Gasteiger charge is -2.13. The van der Waals surface area contributed by atoms with Crippen LogP contribution in [0.25, 0.3) is 0 Å². The molecule has 0 atom stereocenters. The van der Waals surface area contributed by atoms with E-state index in [0.717, 1.165) is 13.2 Å². The van der Waals surface area contributed by atoms with Gasteiger partial charge in [-0.25, -0.2) is 0 Å². The molecule has 1 aromatic rings. The van der Waals surface area contributed by atoms with Gasteiger partial charge in [0, 0.05) is 11.6 Å². The Hall–Kier alpha value is -2.32. The molecule has 0 bridgehead atoms. The molecule has 9 heteroatoms. The van der Waals surface area contributed by atoms with Gasteiger partial charge in [0.25, 0.3) is 5.69 Å². The summed E-state index contributed by atoms with van der Waals surface area (Å²) in [5.74, 6) is -2.06. The molecule has 1 rings (SSSR count). The molecule has 0 radical (unpaired) electrons. The molecule has 6 nitrogen and oxygen atoms in total. The van der Waals surface area contributed by atoms with Crippen molar-refractivity contribution in [3.05, 3.63) is 33.4 Å². The van der Waals surface area contributed by atoms with Crippen LogP contribution in [0.1, 0.15) is 11.1 Å². The Bertz CT molecular complexity index is 527. The van der Waals surface area contributed by atoms with Gasteiger partial charge in [-0.15, -0.1) is 0 Å². The van der Waals surface area contributed by atoms with Crippen LogP contribution in [-0.2, 0) is 17.4 Å². The molecule has 104 valence electrons. The van der Waals surface area contributed by atoms with E-state index >= 15 is 0 Å². The van der Waals surface area contributed by atoms with Crippen LogP contribution in [0.5, 0.6) is 5.75 Å². The van der Waals surface area contributed by atoms with E-state index in [1.165, 1.54) is 0 Å². The van der Waals surface area contributed by atoms with Crippen molar-refractivity contribution < 1.29 is 32.7 Å². The van der Waals surface area contributed by atoms with Crippen molar-refractivity contribution in [1.29, 1.82) is 0 Å². The van der Waals surface area contributed by atoms with Crippen molar-refractivity contribution in [3.63, 3.8) is 0 Å². The van der Waals surface area contributed by atoms with E-state index in [2.05, 4.69) is 4.74 Å². The highest BCUT2D eigenvalue weighted by molar-refractivity contribution is 5.72. The summed E-state index contributed by atoms with van der Waals surface area (Å²) in [5, 5.41) is 19.3. The van der Waals surface area contributed by atoms with Gasteiger partial charge in [-0.1, -0.05) is 0 Å². The quantitative estimate of drug-likeness (QED) is 0.674. The lowest BCUT2D eigenvalue weighted by Crippen LogP contribution is -2.11. The lowest BCUT2D eigenvalue weighted by molar-refractivity contribution is -0.385. The average Bonchev–Trinajstić information content (AvgIpc) is 2.25. The molecule has 0 aliphatic rings. The van der Waals surface area contributed by atoms with Crippen LogP contribution >= 0.6 is 0 Å². The van der Waals surface area contributed by atoms with Gasteiger partial charge >= 0.3 is 12.1 Å². The molecular weight excluding hydrogens is 271 g/mol. The highest BCUT2D eigenvalue weighted by Crippen LogP contribution is 2.40. The largest absolute Gasteiger partial charge is 0.496 e. The first-order valence-corrected chi connectivity index (χ1v) is 4.81. The van der Waals surface area contributed by atoms with E-state index in [1.54, 1.807) is 0 Å². The van der Waals surface area contributed by atoms with Gasteiger partial charge in [-0.05, 0) is 6.07 Å². The van der Waals surface area contributed by atoms with Gasteiger partial charge in [0.2, 0.25) is 0 Å². The minimum Gasteiger partial charge on any atom is -0.496 e. The number of nitro groups is 1. The minimum absolute atomic E-state index is 0.275. The van der Waals surface area contributed by atoms with Crippen LogP contribution < -0.4 is 4.74 Å². The molecule has 0 unspecified atom stereocenters. The van der Waals surface area contributed by atoms with Crippen molar-refractivity contribution in [2.75, 3.05) is 7.11 Å². The number of methoxy groups -OCH3 is 1. The van der Waals surface area contributed by atoms with Crippen LogP contribution in [0, 0.1) is 10.1 Å². The van der Waals surface area contributed by atoms with E-state index in [9.17, 15) is 28.1 Å². The van der Waals surface area contributed by atoms with E-state index in [-0.39, 0.29) is 11.6 Å². The summed E-state index contributed by atoms with van der Waals surface area (Å²) >= 11 is 0. The number of hydrogen-bond donors (Lipinski definition) is 1. The molecule has 0 fully saturated rings. The summed E-state index contributed by atoms with van der Waals surface area (Å²) in [7, 11) is 0.959. The van der Waals surface area contributed by atoms with Crippen LogP contribution in [0.15, 0.2) is 12.1 Å². The number of halogens is 3. The number of nitro benzene ring substituents is 1. The molecule has 19 heavy (non-hydrogen) atoms. The maximum atomic E-state index is 12.7. The van der Waals surface area contributed by atoms with Gasteiger partial charge in [-0.2, -0.15) is 13.2 Å². The normalized spacial score (nSPS) is 11.2. The van der Waals surface area contributed by atoms with Crippen molar-refractivity contribution in [1.82, 2.24) is 0 Å². The standard InChI is InChI=1S/C10H8F3NO5/c1-19-8-2-5(3-9(15)16)7(14(17)18)4-6(8)10(11,12)13/h2,4H,3H2,1H3,(H,15,16). The Morgan fingerprint density at radius 3 is 2.42 bits per heavy atom. The number of rotatable bonds is 4. The molecule has 0 saturated heterocycles. The van der Waals surface area contributed by atoms with Gasteiger partial charge in [-0.3, -0.25) is 14.9 Å². The second-order valence-electron chi connectivity index (χ2n) is 3.51. The van der Waals surface area contributed by atoms with E-state index < -0.39 is 40.5 Å². The van der Waals surface area contributed by atoms with Crippen LogP contribution in [0.4, 0.5) is 18.9 Å². The van der Waals surface area contributed by atoms with E-state index in [1.807, 2.05) is 0 Å². The zero-order valence-corrected chi connectivity index (χ0v) is 9.52. The van der Waals surface area contributed by atoms with Crippen molar-refractivity contribution >= 4 is 11.7 Å². The van der Waals surface area contributed by atoms with Crippen LogP contribution in [-0.4, -0.2) is 23.1 Å². The summed E-state index contributed by atoms with van der Waals surface area (Å²) in [4.78, 5) is 20.2. The third kappa shape index (κ3) is 3.33. The molecule has 0 aliphatic heterocycles. The number of ether oxygens (including phenoxy) is 1. The fourth-order valence-electron chi connectivity index (χ4n) is 1.48. The second kappa shape index (κ2) is 5.12. The Morgan fingerprint density at radius 2 is 2.05 bits per heavy atom. The molecular formula is C10H8F3NO5. The Morgan fingerprint density at radius 1 is 1.47 bits per heavy atom. The first-order valence-electron chi connectivity index (χ1n) is 4.81.